The van der Waals surface area contributed by atoms with Gasteiger partial charge in [0.15, 0.2) is 0 Å². The third-order valence-electron chi connectivity index (χ3n) is 6.19. The van der Waals surface area contributed by atoms with Crippen LogP contribution in [0.15, 0.2) is 59.5 Å². The highest BCUT2D eigenvalue weighted by atomic mass is 32.2. The summed E-state index contributed by atoms with van der Waals surface area (Å²) in [4.78, 5) is 13.4. The lowest BCUT2D eigenvalue weighted by Gasteiger charge is -2.26. The Bertz CT molecular complexity index is 1250. The number of hydrogen-bond donors (Lipinski definition) is 1. The maximum absolute atomic E-state index is 13.2. The molecule has 5 rings (SSSR count). The van der Waals surface area contributed by atoms with E-state index in [-0.39, 0.29) is 10.8 Å². The van der Waals surface area contributed by atoms with Crippen molar-refractivity contribution in [2.24, 2.45) is 0 Å². The molecular formula is C24H26N4O3S. The predicted molar refractivity (Wildman–Crippen MR) is 123 cm³/mol. The molecule has 0 radical (unpaired) electrons. The molecule has 1 N–H and O–H groups in total. The van der Waals surface area contributed by atoms with Gasteiger partial charge < -0.3 is 5.32 Å². The van der Waals surface area contributed by atoms with Gasteiger partial charge in [-0.25, -0.2) is 13.1 Å². The molecule has 8 heteroatoms. The van der Waals surface area contributed by atoms with Crippen molar-refractivity contribution in [3.05, 3.63) is 71.4 Å². The molecule has 0 atom stereocenters. The van der Waals surface area contributed by atoms with Gasteiger partial charge in [-0.05, 0) is 62.4 Å². The van der Waals surface area contributed by atoms with E-state index in [1.807, 2.05) is 30.3 Å². The van der Waals surface area contributed by atoms with E-state index in [1.54, 1.807) is 22.9 Å². The van der Waals surface area contributed by atoms with E-state index < -0.39 is 10.0 Å². The fourth-order valence-electron chi connectivity index (χ4n) is 4.51. The molecule has 2 aromatic carbocycles. The molecule has 1 saturated heterocycles. The van der Waals surface area contributed by atoms with Crippen LogP contribution < -0.4 is 5.32 Å². The highest BCUT2D eigenvalue weighted by Crippen LogP contribution is 2.31. The van der Waals surface area contributed by atoms with Crippen molar-refractivity contribution >= 4 is 21.7 Å². The second-order valence-electron chi connectivity index (χ2n) is 8.32. The molecule has 2 heterocycles. The van der Waals surface area contributed by atoms with E-state index in [9.17, 15) is 13.2 Å². The maximum Gasteiger partial charge on any atom is 0.256 e. The summed E-state index contributed by atoms with van der Waals surface area (Å²) in [5.74, 6) is 0.325. The number of aromatic nitrogens is 2. The molecule has 32 heavy (non-hydrogen) atoms. The van der Waals surface area contributed by atoms with E-state index in [0.29, 0.717) is 24.5 Å². The Morgan fingerprint density at radius 1 is 0.906 bits per heavy atom. The number of nitrogens with zero attached hydrogens (tertiary/aromatic N) is 3. The topological polar surface area (TPSA) is 84.3 Å². The van der Waals surface area contributed by atoms with Gasteiger partial charge in [0.1, 0.15) is 5.82 Å². The second kappa shape index (κ2) is 8.52. The van der Waals surface area contributed by atoms with Gasteiger partial charge in [0.25, 0.3) is 5.91 Å². The summed E-state index contributed by atoms with van der Waals surface area (Å²) in [6, 6.07) is 16.0. The van der Waals surface area contributed by atoms with Crippen LogP contribution in [0.2, 0.25) is 0 Å². The fraction of sp³-hybridized carbons (Fsp3) is 0.333. The van der Waals surface area contributed by atoms with Crippen LogP contribution in [0.1, 0.15) is 47.3 Å². The average Bonchev–Trinajstić information content (AvgIpc) is 3.43. The average molecular weight is 451 g/mol. The van der Waals surface area contributed by atoms with Gasteiger partial charge in [-0.1, -0.05) is 30.7 Å². The van der Waals surface area contributed by atoms with Crippen LogP contribution in [0.4, 0.5) is 5.82 Å². The molecule has 0 unspecified atom stereocenters. The van der Waals surface area contributed by atoms with Crippen LogP contribution in [0.3, 0.4) is 0 Å². The molecule has 0 bridgehead atoms. The Labute approximate surface area is 188 Å². The van der Waals surface area contributed by atoms with Crippen LogP contribution in [0, 0.1) is 0 Å². The van der Waals surface area contributed by atoms with Gasteiger partial charge in [-0.15, -0.1) is 0 Å². The predicted octanol–water partition coefficient (Wildman–Crippen LogP) is 3.79. The number of carbonyl (C=O) groups excluding carboxylic acids is 1. The van der Waals surface area contributed by atoms with E-state index >= 15 is 0 Å². The molecule has 1 aromatic heterocycles. The van der Waals surface area contributed by atoms with Gasteiger partial charge in [-0.2, -0.15) is 9.40 Å². The van der Waals surface area contributed by atoms with Crippen LogP contribution in [-0.2, 0) is 22.9 Å². The Hall–Kier alpha value is -2.97. The first-order chi connectivity index (χ1) is 15.5. The minimum absolute atomic E-state index is 0.161. The van der Waals surface area contributed by atoms with Gasteiger partial charge in [0.05, 0.1) is 16.3 Å². The first-order valence-corrected chi connectivity index (χ1v) is 12.6. The van der Waals surface area contributed by atoms with Crippen molar-refractivity contribution in [1.29, 1.82) is 0 Å². The maximum atomic E-state index is 13.2. The number of carbonyl (C=O) groups is 1. The van der Waals surface area contributed by atoms with Crippen LogP contribution in [0.5, 0.6) is 0 Å². The van der Waals surface area contributed by atoms with Crippen LogP contribution in [-0.4, -0.2) is 41.5 Å². The summed E-state index contributed by atoms with van der Waals surface area (Å²) in [5, 5.41) is 7.74. The van der Waals surface area contributed by atoms with Crippen LogP contribution in [0.25, 0.3) is 5.69 Å². The first kappa shape index (κ1) is 20.9. The summed E-state index contributed by atoms with van der Waals surface area (Å²) >= 11 is 0. The first-order valence-electron chi connectivity index (χ1n) is 11.1. The van der Waals surface area contributed by atoms with Crippen molar-refractivity contribution in [3.63, 3.8) is 0 Å². The molecule has 1 fully saturated rings. The number of para-hydroxylation sites is 1. The second-order valence-corrected chi connectivity index (χ2v) is 10.3. The molecule has 166 valence electrons. The highest BCUT2D eigenvalue weighted by Gasteiger charge is 2.28. The zero-order valence-corrected chi connectivity index (χ0v) is 18.6. The molecule has 7 nitrogen and oxygen atoms in total. The number of fused-ring (bicyclic) bond motifs is 1. The van der Waals surface area contributed by atoms with Crippen molar-refractivity contribution in [1.82, 2.24) is 14.1 Å². The number of hydrogen-bond acceptors (Lipinski definition) is 4. The zero-order chi connectivity index (χ0) is 22.1. The van der Waals surface area contributed by atoms with Gasteiger partial charge in [0.2, 0.25) is 10.0 Å². The van der Waals surface area contributed by atoms with Crippen molar-refractivity contribution in [2.75, 3.05) is 18.4 Å². The zero-order valence-electron chi connectivity index (χ0n) is 17.8. The third kappa shape index (κ3) is 3.84. The van der Waals surface area contributed by atoms with E-state index in [0.717, 1.165) is 55.5 Å². The minimum atomic E-state index is -3.60. The molecule has 1 aliphatic carbocycles. The molecule has 0 spiro atoms. The number of nitrogens with one attached hydrogen (secondary N) is 1. The van der Waals surface area contributed by atoms with Crippen LogP contribution >= 0.6 is 0 Å². The van der Waals surface area contributed by atoms with Crippen molar-refractivity contribution in [3.8, 4) is 5.69 Å². The summed E-state index contributed by atoms with van der Waals surface area (Å²) < 4.78 is 29.4. The van der Waals surface area contributed by atoms with Gasteiger partial charge in [-0.3, -0.25) is 4.79 Å². The third-order valence-corrected chi connectivity index (χ3v) is 8.08. The SMILES string of the molecule is O=C(Nc1c2c(nn1-c1ccccc1)CCC2)c1cccc(S(=O)(=O)N2CCCCC2)c1. The Morgan fingerprint density at radius 3 is 2.47 bits per heavy atom. The fourth-order valence-corrected chi connectivity index (χ4v) is 6.07. The largest absolute Gasteiger partial charge is 0.306 e. The number of piperidine rings is 1. The van der Waals surface area contributed by atoms with E-state index in [1.165, 1.54) is 10.4 Å². The lowest BCUT2D eigenvalue weighted by atomic mass is 10.2. The molecule has 0 saturated carbocycles. The summed E-state index contributed by atoms with van der Waals surface area (Å²) in [6.07, 6.45) is 5.55. The molecular weight excluding hydrogens is 424 g/mol. The number of anilines is 1. The van der Waals surface area contributed by atoms with Crippen molar-refractivity contribution < 1.29 is 13.2 Å². The quantitative estimate of drug-likeness (QED) is 0.641. The standard InChI is InChI=1S/C24H26N4O3S/c29-24(18-9-7-12-20(17-18)32(30,31)27-15-5-2-6-16-27)25-23-21-13-8-14-22(21)26-28(23)19-10-3-1-4-11-19/h1,3-4,7,9-12,17H,2,5-6,8,13-16H2,(H,25,29). The summed E-state index contributed by atoms with van der Waals surface area (Å²) in [5.41, 5.74) is 3.25. The van der Waals surface area contributed by atoms with Crippen molar-refractivity contribution in [2.45, 2.75) is 43.4 Å². The minimum Gasteiger partial charge on any atom is -0.306 e. The number of amides is 1. The van der Waals surface area contributed by atoms with E-state index in [4.69, 9.17) is 5.10 Å². The number of sulfonamides is 1. The number of rotatable bonds is 5. The van der Waals surface area contributed by atoms with Gasteiger partial charge in [0, 0.05) is 24.2 Å². The normalized spacial score (nSPS) is 16.6. The Morgan fingerprint density at radius 2 is 1.69 bits per heavy atom. The lowest BCUT2D eigenvalue weighted by Crippen LogP contribution is -2.35. The summed E-state index contributed by atoms with van der Waals surface area (Å²) in [6.45, 7) is 1.06. The molecule has 3 aromatic rings. The summed E-state index contributed by atoms with van der Waals surface area (Å²) in [7, 11) is -3.60. The number of benzene rings is 2. The molecule has 1 amide bonds. The smallest absolute Gasteiger partial charge is 0.256 e. The molecule has 2 aliphatic rings. The van der Waals surface area contributed by atoms with E-state index in [2.05, 4.69) is 5.32 Å². The van der Waals surface area contributed by atoms with Gasteiger partial charge >= 0.3 is 0 Å². The lowest BCUT2D eigenvalue weighted by molar-refractivity contribution is 0.102. The Kier molecular flexibility index (Phi) is 5.57. The Balaban J connectivity index is 1.45. The molecule has 1 aliphatic heterocycles. The highest BCUT2D eigenvalue weighted by molar-refractivity contribution is 7.89. The number of aryl methyl sites for hydroxylation is 1. The monoisotopic (exact) mass is 450 g/mol.